The van der Waals surface area contributed by atoms with Crippen LogP contribution in [-0.4, -0.2) is 11.1 Å². The fraction of sp³-hybridized carbons (Fsp3) is 0.750. The van der Waals surface area contributed by atoms with Crippen molar-refractivity contribution in [3.05, 3.63) is 0 Å². The van der Waals surface area contributed by atoms with Gasteiger partial charge in [-0.3, -0.25) is 4.79 Å². The fourth-order valence-corrected chi connectivity index (χ4v) is 0. The van der Waals surface area contributed by atoms with Gasteiger partial charge in [0.1, 0.15) is 0 Å². The molecule has 60 valence electrons. The summed E-state index contributed by atoms with van der Waals surface area (Å²) >= 11 is 0. The molecule has 0 fully saturated rings. The SMILES string of the molecule is CC(C)C(=O)O.O=[P+]([O-])[O-].[Zn+2]. The first-order valence-corrected chi connectivity index (χ1v) is 3.51. The maximum Gasteiger partial charge on any atom is 2.00 e. The summed E-state index contributed by atoms with van der Waals surface area (Å²) in [6, 6.07) is 0. The standard InChI is InChI=1S/C4H8O2.HO3P.Zn/c1-3(2)4(5)6;1-4(2)3;/h3H,1-2H3,(H,5,6);(H,1,2,3);/q;;+2/p-1. The van der Waals surface area contributed by atoms with Crippen molar-refractivity contribution < 1.29 is 43.7 Å². The predicted molar refractivity (Wildman–Crippen MR) is 30.1 cm³/mol. The minimum absolute atomic E-state index is 0. The predicted octanol–water partition coefficient (Wildman–Crippen LogP) is -0.911. The zero-order valence-corrected chi connectivity index (χ0v) is 10.2. The van der Waals surface area contributed by atoms with Gasteiger partial charge in [0.2, 0.25) is 0 Å². The zero-order valence-electron chi connectivity index (χ0n) is 6.31. The molecule has 0 rings (SSSR count). The van der Waals surface area contributed by atoms with E-state index in [1.165, 1.54) is 0 Å². The van der Waals surface area contributed by atoms with Crippen LogP contribution in [0.1, 0.15) is 13.8 Å². The van der Waals surface area contributed by atoms with Crippen molar-refractivity contribution in [1.82, 2.24) is 0 Å². The summed E-state index contributed by atoms with van der Waals surface area (Å²) in [6.45, 7) is 3.28. The molecule has 0 aromatic heterocycles. The van der Waals surface area contributed by atoms with E-state index in [1.807, 2.05) is 0 Å². The van der Waals surface area contributed by atoms with Crippen LogP contribution in [0.25, 0.3) is 0 Å². The summed E-state index contributed by atoms with van der Waals surface area (Å²) in [7, 11) is -3.37. The van der Waals surface area contributed by atoms with E-state index in [0.717, 1.165) is 0 Å². The minimum Gasteiger partial charge on any atom is -0.598 e. The third-order valence-electron chi connectivity index (χ3n) is 0.494. The number of carboxylic acids is 1. The third-order valence-corrected chi connectivity index (χ3v) is 0.494. The maximum atomic E-state index is 9.70. The van der Waals surface area contributed by atoms with E-state index in [1.54, 1.807) is 13.8 Å². The second-order valence-electron chi connectivity index (χ2n) is 1.72. The van der Waals surface area contributed by atoms with Gasteiger partial charge in [-0.1, -0.05) is 18.4 Å². The molecular weight excluding hydrogens is 224 g/mol. The van der Waals surface area contributed by atoms with Gasteiger partial charge in [0.05, 0.1) is 5.92 Å². The first kappa shape index (κ1) is 17.3. The molecule has 0 bridgehead atoms. The second-order valence-corrected chi connectivity index (χ2v) is 2.16. The Kier molecular flexibility index (Phi) is 15.9. The van der Waals surface area contributed by atoms with Crippen molar-refractivity contribution in [3.8, 4) is 0 Å². The maximum absolute atomic E-state index is 9.70. The molecule has 0 radical (unpaired) electrons. The molecule has 0 amide bonds. The second kappa shape index (κ2) is 10.1. The molecule has 0 atom stereocenters. The molecule has 5 nitrogen and oxygen atoms in total. The van der Waals surface area contributed by atoms with E-state index in [0.29, 0.717) is 0 Å². The summed E-state index contributed by atoms with van der Waals surface area (Å²) in [5.41, 5.74) is 0. The van der Waals surface area contributed by atoms with Crippen LogP contribution in [0.2, 0.25) is 0 Å². The monoisotopic (exact) mass is 231 g/mol. The van der Waals surface area contributed by atoms with E-state index in [4.69, 9.17) is 19.5 Å². The van der Waals surface area contributed by atoms with Gasteiger partial charge in [0.15, 0.2) is 0 Å². The van der Waals surface area contributed by atoms with Gasteiger partial charge in [0, 0.05) is 0 Å². The van der Waals surface area contributed by atoms with Crippen molar-refractivity contribution in [2.75, 3.05) is 0 Å². The quantitative estimate of drug-likeness (QED) is 0.466. The van der Waals surface area contributed by atoms with Gasteiger partial charge in [-0.05, 0) is 0 Å². The van der Waals surface area contributed by atoms with Gasteiger partial charge in [-0.15, -0.1) is 0 Å². The van der Waals surface area contributed by atoms with Crippen LogP contribution in [0.3, 0.4) is 0 Å². The van der Waals surface area contributed by atoms with Crippen molar-refractivity contribution in [3.63, 3.8) is 0 Å². The molecule has 0 aromatic rings. The Labute approximate surface area is 78.1 Å². The van der Waals surface area contributed by atoms with E-state index in [9.17, 15) is 4.79 Å². The van der Waals surface area contributed by atoms with Crippen molar-refractivity contribution >= 4 is 14.2 Å². The molecule has 1 N–H and O–H groups in total. The minimum atomic E-state index is -3.37. The number of aliphatic carboxylic acids is 1. The van der Waals surface area contributed by atoms with Gasteiger partial charge in [-0.25, -0.2) is 0 Å². The number of carbonyl (C=O) groups is 1. The molecule has 0 aliphatic heterocycles. The molecule has 0 aliphatic rings. The van der Waals surface area contributed by atoms with E-state index in [2.05, 4.69) is 0 Å². The molecule has 0 heterocycles. The molecule has 0 spiro atoms. The summed E-state index contributed by atoms with van der Waals surface area (Å²) < 4.78 is 8.48. The fourth-order valence-electron chi connectivity index (χ4n) is 0. The first-order chi connectivity index (χ1) is 4.37. The van der Waals surface area contributed by atoms with Crippen molar-refractivity contribution in [1.29, 1.82) is 0 Å². The number of rotatable bonds is 1. The summed E-state index contributed by atoms with van der Waals surface area (Å²) in [4.78, 5) is 26.7. The molecule has 11 heavy (non-hydrogen) atoms. The molecular formula is C4H8O5PZn+. The van der Waals surface area contributed by atoms with Crippen LogP contribution in [0, 0.1) is 5.92 Å². The topological polar surface area (TPSA) is 100 Å². The summed E-state index contributed by atoms with van der Waals surface area (Å²) in [6.07, 6.45) is 0. The van der Waals surface area contributed by atoms with Crippen LogP contribution in [0.5, 0.6) is 0 Å². The summed E-state index contributed by atoms with van der Waals surface area (Å²) in [5, 5.41) is 7.99. The van der Waals surface area contributed by atoms with Crippen molar-refractivity contribution in [2.45, 2.75) is 13.8 Å². The van der Waals surface area contributed by atoms with Crippen LogP contribution in [0.4, 0.5) is 0 Å². The van der Waals surface area contributed by atoms with E-state index < -0.39 is 14.2 Å². The number of hydrogen-bond acceptors (Lipinski definition) is 4. The Morgan fingerprint density at radius 3 is 1.55 bits per heavy atom. The van der Waals surface area contributed by atoms with Gasteiger partial charge in [0.25, 0.3) is 8.25 Å². The molecule has 0 aromatic carbocycles. The first-order valence-electron chi connectivity index (χ1n) is 2.42. The van der Waals surface area contributed by atoms with Gasteiger partial charge >= 0.3 is 25.4 Å². The van der Waals surface area contributed by atoms with E-state index in [-0.39, 0.29) is 25.4 Å². The smallest absolute Gasteiger partial charge is 0.598 e. The van der Waals surface area contributed by atoms with E-state index >= 15 is 0 Å². The zero-order chi connectivity index (χ0) is 8.73. The Bertz CT molecular complexity index is 122. The molecule has 0 saturated heterocycles. The summed E-state index contributed by atoms with van der Waals surface area (Å²) in [5.74, 6) is -0.972. The Morgan fingerprint density at radius 1 is 1.45 bits per heavy atom. The average molecular weight is 232 g/mol. The largest absolute Gasteiger partial charge is 2.00 e. The van der Waals surface area contributed by atoms with Gasteiger partial charge < -0.3 is 14.9 Å². The van der Waals surface area contributed by atoms with Crippen molar-refractivity contribution in [2.24, 2.45) is 5.92 Å². The molecule has 0 aliphatic carbocycles. The average Bonchev–Trinajstić information content (AvgIpc) is 1.63. The molecule has 0 saturated carbocycles. The normalized spacial score (nSPS) is 7.36. The van der Waals surface area contributed by atoms with Crippen LogP contribution in [0.15, 0.2) is 0 Å². The Morgan fingerprint density at radius 2 is 1.55 bits per heavy atom. The van der Waals surface area contributed by atoms with Crippen LogP contribution in [-0.2, 0) is 28.8 Å². The number of hydrogen-bond donors (Lipinski definition) is 1. The Balaban J connectivity index is -0.000000114. The number of carboxylic acid groups (broad SMARTS) is 1. The molecule has 0 unspecified atom stereocenters. The van der Waals surface area contributed by atoms with Gasteiger partial charge in [-0.2, -0.15) is 0 Å². The van der Waals surface area contributed by atoms with Crippen LogP contribution >= 0.6 is 8.25 Å². The molecule has 7 heteroatoms. The third kappa shape index (κ3) is 39.3. The van der Waals surface area contributed by atoms with Crippen LogP contribution < -0.4 is 9.79 Å². The Hall–Kier alpha value is 0.113.